The summed E-state index contributed by atoms with van der Waals surface area (Å²) in [6.45, 7) is 2.31. The van der Waals surface area contributed by atoms with Crippen molar-refractivity contribution < 1.29 is 19.1 Å². The van der Waals surface area contributed by atoms with Gasteiger partial charge in [0.05, 0.1) is 11.8 Å². The van der Waals surface area contributed by atoms with Crippen molar-refractivity contribution in [1.82, 2.24) is 0 Å². The number of rotatable bonds is 2. The molecule has 0 aromatic carbocycles. The lowest BCUT2D eigenvalue weighted by Crippen LogP contribution is -2.38. The minimum absolute atomic E-state index is 0.00792. The smallest absolute Gasteiger partial charge is 0.309 e. The molecule has 4 bridgehead atoms. The third-order valence-electron chi connectivity index (χ3n) is 7.18. The standard InChI is InChI=1S/C17H22O4/c1-7-2-9-3-8(7)4-11(9)16(18)20-14-10-5-12-13(6-10)17(19)21-15(12)14/h7-15H,2-6H2,1H3/t7?,8?,9?,10-,11?,12?,13+,14?,15?/m0/s1. The number of hydrogen-bond acceptors (Lipinski definition) is 4. The zero-order valence-electron chi connectivity index (χ0n) is 12.4. The lowest BCUT2D eigenvalue weighted by atomic mass is 9.83. The molecular formula is C17H22O4. The molecule has 9 atom stereocenters. The highest BCUT2D eigenvalue weighted by Crippen LogP contribution is 2.56. The molecule has 0 aromatic heterocycles. The first-order valence-electron chi connectivity index (χ1n) is 8.53. The summed E-state index contributed by atoms with van der Waals surface area (Å²) in [4.78, 5) is 24.3. The van der Waals surface area contributed by atoms with Crippen LogP contribution in [0.15, 0.2) is 0 Å². The summed E-state index contributed by atoms with van der Waals surface area (Å²) in [5.41, 5.74) is 0. The molecule has 4 nitrogen and oxygen atoms in total. The van der Waals surface area contributed by atoms with E-state index in [1.54, 1.807) is 0 Å². The summed E-state index contributed by atoms with van der Waals surface area (Å²) in [7, 11) is 0. The largest absolute Gasteiger partial charge is 0.458 e. The quantitative estimate of drug-likeness (QED) is 0.731. The molecule has 5 rings (SSSR count). The topological polar surface area (TPSA) is 52.6 Å². The zero-order valence-corrected chi connectivity index (χ0v) is 12.4. The molecule has 0 radical (unpaired) electrons. The Hall–Kier alpha value is -1.06. The van der Waals surface area contributed by atoms with E-state index in [4.69, 9.17) is 9.47 Å². The van der Waals surface area contributed by atoms with Crippen LogP contribution in [0.3, 0.4) is 0 Å². The third kappa shape index (κ3) is 1.56. The number of carbonyl (C=O) groups is 2. The minimum atomic E-state index is -0.151. The zero-order chi connectivity index (χ0) is 14.3. The Bertz CT molecular complexity index is 513. The van der Waals surface area contributed by atoms with Gasteiger partial charge in [-0.05, 0) is 49.9 Å². The molecule has 7 unspecified atom stereocenters. The molecule has 21 heavy (non-hydrogen) atoms. The first kappa shape index (κ1) is 12.5. The number of carbonyl (C=O) groups excluding carboxylic acids is 2. The van der Waals surface area contributed by atoms with Crippen molar-refractivity contribution in [2.24, 2.45) is 41.4 Å². The van der Waals surface area contributed by atoms with Gasteiger partial charge in [0.15, 0.2) is 0 Å². The van der Waals surface area contributed by atoms with Gasteiger partial charge in [-0.2, -0.15) is 0 Å². The number of fused-ring (bicyclic) bond motifs is 3. The van der Waals surface area contributed by atoms with E-state index in [1.165, 1.54) is 12.8 Å². The van der Waals surface area contributed by atoms with Gasteiger partial charge in [-0.1, -0.05) is 6.92 Å². The van der Waals surface area contributed by atoms with Gasteiger partial charge >= 0.3 is 11.9 Å². The van der Waals surface area contributed by atoms with E-state index >= 15 is 0 Å². The summed E-state index contributed by atoms with van der Waals surface area (Å²) >= 11 is 0. The predicted octanol–water partition coefficient (Wildman–Crippen LogP) is 2.16. The van der Waals surface area contributed by atoms with Crippen molar-refractivity contribution >= 4 is 11.9 Å². The monoisotopic (exact) mass is 290 g/mol. The molecule has 4 heteroatoms. The van der Waals surface area contributed by atoms with Crippen LogP contribution < -0.4 is 0 Å². The maximum Gasteiger partial charge on any atom is 0.309 e. The first-order chi connectivity index (χ1) is 10.1. The van der Waals surface area contributed by atoms with Crippen LogP contribution in [0.4, 0.5) is 0 Å². The van der Waals surface area contributed by atoms with Crippen molar-refractivity contribution in [3.63, 3.8) is 0 Å². The van der Waals surface area contributed by atoms with Crippen molar-refractivity contribution in [3.05, 3.63) is 0 Å². The summed E-state index contributed by atoms with van der Waals surface area (Å²) in [6, 6.07) is 0. The second-order valence-electron chi connectivity index (χ2n) is 8.12. The van der Waals surface area contributed by atoms with Crippen LogP contribution in [0.1, 0.15) is 39.0 Å². The predicted molar refractivity (Wildman–Crippen MR) is 72.9 cm³/mol. The molecule has 4 aliphatic carbocycles. The highest BCUT2D eigenvalue weighted by molar-refractivity contribution is 5.77. The van der Waals surface area contributed by atoms with E-state index in [9.17, 15) is 9.59 Å². The molecule has 0 amide bonds. The Morgan fingerprint density at radius 1 is 1.10 bits per heavy atom. The van der Waals surface area contributed by atoms with E-state index in [2.05, 4.69) is 6.92 Å². The van der Waals surface area contributed by atoms with E-state index in [0.29, 0.717) is 17.8 Å². The van der Waals surface area contributed by atoms with E-state index in [0.717, 1.165) is 31.1 Å². The maximum absolute atomic E-state index is 12.6. The maximum atomic E-state index is 12.6. The van der Waals surface area contributed by atoms with Gasteiger partial charge in [-0.15, -0.1) is 0 Å². The molecule has 5 aliphatic rings. The van der Waals surface area contributed by atoms with Gasteiger partial charge in [0.2, 0.25) is 0 Å². The molecule has 1 heterocycles. The molecule has 0 N–H and O–H groups in total. The van der Waals surface area contributed by atoms with E-state index in [1.807, 2.05) is 0 Å². The van der Waals surface area contributed by atoms with Gasteiger partial charge in [0, 0.05) is 11.8 Å². The first-order valence-corrected chi connectivity index (χ1v) is 8.53. The van der Waals surface area contributed by atoms with E-state index in [-0.39, 0.29) is 36.0 Å². The molecule has 0 spiro atoms. The normalized spacial score (nSPS) is 56.0. The third-order valence-corrected chi connectivity index (χ3v) is 7.18. The van der Waals surface area contributed by atoms with Crippen molar-refractivity contribution in [3.8, 4) is 0 Å². The van der Waals surface area contributed by atoms with Gasteiger partial charge in [0.1, 0.15) is 12.2 Å². The summed E-state index contributed by atoms with van der Waals surface area (Å²) < 4.78 is 11.4. The number of ether oxygens (including phenoxy) is 2. The average molecular weight is 290 g/mol. The highest BCUT2D eigenvalue weighted by Gasteiger charge is 2.63. The van der Waals surface area contributed by atoms with E-state index < -0.39 is 0 Å². The van der Waals surface area contributed by atoms with Crippen LogP contribution in [0.25, 0.3) is 0 Å². The lowest BCUT2D eigenvalue weighted by molar-refractivity contribution is -0.167. The Kier molecular flexibility index (Phi) is 2.39. The van der Waals surface area contributed by atoms with Crippen LogP contribution in [0.5, 0.6) is 0 Å². The molecule has 114 valence electrons. The van der Waals surface area contributed by atoms with Crippen molar-refractivity contribution in [2.45, 2.75) is 51.2 Å². The lowest BCUT2D eigenvalue weighted by Gasteiger charge is -2.29. The second kappa shape index (κ2) is 4.02. The Morgan fingerprint density at radius 3 is 2.67 bits per heavy atom. The van der Waals surface area contributed by atoms with Gasteiger partial charge in [-0.3, -0.25) is 9.59 Å². The van der Waals surface area contributed by atoms with Gasteiger partial charge in [0.25, 0.3) is 0 Å². The average Bonchev–Trinajstić information content (AvgIpc) is 3.18. The number of hydrogen-bond donors (Lipinski definition) is 0. The molecule has 4 saturated carbocycles. The van der Waals surface area contributed by atoms with Crippen LogP contribution >= 0.6 is 0 Å². The summed E-state index contributed by atoms with van der Waals surface area (Å²) in [5, 5.41) is 0. The molecule has 5 fully saturated rings. The fraction of sp³-hybridized carbons (Fsp3) is 0.882. The Morgan fingerprint density at radius 2 is 1.95 bits per heavy atom. The summed E-state index contributed by atoms with van der Waals surface area (Å²) in [5.74, 6) is 2.86. The SMILES string of the molecule is CC1CC2CC1CC2C(=O)OC1C2OC(=O)[C@@H]3C[C@@H]1CC23. The molecule has 1 aliphatic heterocycles. The molecular weight excluding hydrogens is 268 g/mol. The summed E-state index contributed by atoms with van der Waals surface area (Å²) in [6.07, 6.45) is 4.99. The van der Waals surface area contributed by atoms with Crippen LogP contribution in [0, 0.1) is 41.4 Å². The number of esters is 2. The highest BCUT2D eigenvalue weighted by atomic mass is 16.6. The Labute approximate surface area is 124 Å². The fourth-order valence-corrected chi connectivity index (χ4v) is 6.14. The van der Waals surface area contributed by atoms with Crippen molar-refractivity contribution in [1.29, 1.82) is 0 Å². The van der Waals surface area contributed by atoms with Gasteiger partial charge < -0.3 is 9.47 Å². The van der Waals surface area contributed by atoms with Gasteiger partial charge in [-0.25, -0.2) is 0 Å². The minimum Gasteiger partial charge on any atom is -0.458 e. The van der Waals surface area contributed by atoms with Crippen LogP contribution in [-0.4, -0.2) is 24.1 Å². The Balaban J connectivity index is 1.29. The molecule has 1 saturated heterocycles. The van der Waals surface area contributed by atoms with Crippen LogP contribution in [-0.2, 0) is 19.1 Å². The van der Waals surface area contributed by atoms with Crippen LogP contribution in [0.2, 0.25) is 0 Å². The fourth-order valence-electron chi connectivity index (χ4n) is 6.14. The second-order valence-corrected chi connectivity index (χ2v) is 8.12. The molecule has 0 aromatic rings. The van der Waals surface area contributed by atoms with Crippen molar-refractivity contribution in [2.75, 3.05) is 0 Å².